The molecule has 0 aliphatic rings. The standard InChI is InChI=1S/C17H17Cl2FN2O3S/c1-3-22(4-2)26(24,25)16-9-11(5-7-13(16)19)17(23)21-15-8-6-12(18)10-14(15)20/h5-10H,3-4H2,1-2H3,(H,21,23). The van der Waals surface area contributed by atoms with E-state index in [0.29, 0.717) is 0 Å². The Morgan fingerprint density at radius 3 is 2.35 bits per heavy atom. The lowest BCUT2D eigenvalue weighted by atomic mass is 10.2. The summed E-state index contributed by atoms with van der Waals surface area (Å²) in [5.74, 6) is -1.37. The molecule has 2 aromatic carbocycles. The zero-order valence-corrected chi connectivity index (χ0v) is 16.4. The van der Waals surface area contributed by atoms with Crippen LogP contribution in [0.25, 0.3) is 0 Å². The van der Waals surface area contributed by atoms with Crippen molar-refractivity contribution in [1.29, 1.82) is 0 Å². The molecule has 26 heavy (non-hydrogen) atoms. The molecule has 140 valence electrons. The maximum atomic E-state index is 13.8. The topological polar surface area (TPSA) is 66.5 Å². The lowest BCUT2D eigenvalue weighted by molar-refractivity contribution is 0.102. The number of anilines is 1. The van der Waals surface area contributed by atoms with Gasteiger partial charge in [0.05, 0.1) is 10.7 Å². The van der Waals surface area contributed by atoms with Crippen molar-refractivity contribution in [3.8, 4) is 0 Å². The van der Waals surface area contributed by atoms with Crippen molar-refractivity contribution in [3.63, 3.8) is 0 Å². The number of benzene rings is 2. The number of rotatable bonds is 6. The molecule has 2 aromatic rings. The third kappa shape index (κ3) is 4.35. The molecular formula is C17H17Cl2FN2O3S. The predicted octanol–water partition coefficient (Wildman–Crippen LogP) is 4.42. The molecule has 0 fully saturated rings. The molecule has 0 atom stereocenters. The van der Waals surface area contributed by atoms with Crippen LogP contribution in [0.15, 0.2) is 41.3 Å². The van der Waals surface area contributed by atoms with Crippen molar-refractivity contribution in [2.75, 3.05) is 18.4 Å². The van der Waals surface area contributed by atoms with E-state index in [1.54, 1.807) is 13.8 Å². The van der Waals surface area contributed by atoms with Gasteiger partial charge in [0, 0.05) is 23.7 Å². The van der Waals surface area contributed by atoms with E-state index in [0.717, 1.165) is 6.07 Å². The van der Waals surface area contributed by atoms with Crippen LogP contribution in [-0.2, 0) is 10.0 Å². The van der Waals surface area contributed by atoms with Crippen molar-refractivity contribution in [2.45, 2.75) is 18.7 Å². The molecule has 0 saturated carbocycles. The van der Waals surface area contributed by atoms with Gasteiger partial charge in [0.2, 0.25) is 10.0 Å². The molecule has 0 aliphatic carbocycles. The number of halogens is 3. The summed E-state index contributed by atoms with van der Waals surface area (Å²) < 4.78 is 40.4. The van der Waals surface area contributed by atoms with Gasteiger partial charge in [0.1, 0.15) is 10.7 Å². The summed E-state index contributed by atoms with van der Waals surface area (Å²) in [5.41, 5.74) is -0.0306. The summed E-state index contributed by atoms with van der Waals surface area (Å²) in [5, 5.41) is 2.58. The molecule has 0 aliphatic heterocycles. The average molecular weight is 419 g/mol. The Kier molecular flexibility index (Phi) is 6.63. The number of nitrogens with one attached hydrogen (secondary N) is 1. The lowest BCUT2D eigenvalue weighted by Gasteiger charge is -2.19. The monoisotopic (exact) mass is 418 g/mol. The van der Waals surface area contributed by atoms with E-state index >= 15 is 0 Å². The fourth-order valence-electron chi connectivity index (χ4n) is 2.33. The predicted molar refractivity (Wildman–Crippen MR) is 101 cm³/mol. The second-order valence-electron chi connectivity index (χ2n) is 5.31. The van der Waals surface area contributed by atoms with Gasteiger partial charge in [0.15, 0.2) is 0 Å². The van der Waals surface area contributed by atoms with Crippen LogP contribution < -0.4 is 5.32 Å². The highest BCUT2D eigenvalue weighted by molar-refractivity contribution is 7.89. The van der Waals surface area contributed by atoms with Gasteiger partial charge < -0.3 is 5.32 Å². The molecular weight excluding hydrogens is 402 g/mol. The van der Waals surface area contributed by atoms with Gasteiger partial charge >= 0.3 is 0 Å². The van der Waals surface area contributed by atoms with Crippen LogP contribution >= 0.6 is 23.2 Å². The van der Waals surface area contributed by atoms with Gasteiger partial charge in [-0.25, -0.2) is 12.8 Å². The van der Waals surface area contributed by atoms with Crippen molar-refractivity contribution in [2.24, 2.45) is 0 Å². The first-order valence-corrected chi connectivity index (χ1v) is 9.96. The van der Waals surface area contributed by atoms with E-state index in [9.17, 15) is 17.6 Å². The zero-order chi connectivity index (χ0) is 19.5. The summed E-state index contributed by atoms with van der Waals surface area (Å²) in [7, 11) is -3.84. The van der Waals surface area contributed by atoms with Crippen LogP contribution in [0.5, 0.6) is 0 Å². The highest BCUT2D eigenvalue weighted by Gasteiger charge is 2.25. The Labute approximate surface area is 161 Å². The molecule has 0 radical (unpaired) electrons. The quantitative estimate of drug-likeness (QED) is 0.754. The van der Waals surface area contributed by atoms with Gasteiger partial charge in [-0.15, -0.1) is 0 Å². The smallest absolute Gasteiger partial charge is 0.255 e. The number of hydrogen-bond acceptors (Lipinski definition) is 3. The number of nitrogens with zero attached hydrogens (tertiary/aromatic N) is 1. The van der Waals surface area contributed by atoms with Crippen molar-refractivity contribution in [1.82, 2.24) is 4.31 Å². The maximum Gasteiger partial charge on any atom is 0.255 e. The minimum absolute atomic E-state index is 0.00567. The van der Waals surface area contributed by atoms with Crippen molar-refractivity contribution >= 4 is 44.8 Å². The molecule has 0 unspecified atom stereocenters. The number of carbonyl (C=O) groups excluding carboxylic acids is 1. The van der Waals surface area contributed by atoms with Gasteiger partial charge in [-0.2, -0.15) is 4.31 Å². The Morgan fingerprint density at radius 1 is 1.12 bits per heavy atom. The molecule has 0 saturated heterocycles. The fraction of sp³-hybridized carbons (Fsp3) is 0.235. The molecule has 5 nitrogen and oxygen atoms in total. The van der Waals surface area contributed by atoms with Crippen LogP contribution in [0.3, 0.4) is 0 Å². The second-order valence-corrected chi connectivity index (χ2v) is 8.06. The molecule has 0 aromatic heterocycles. The van der Waals surface area contributed by atoms with Gasteiger partial charge in [-0.05, 0) is 36.4 Å². The Bertz CT molecular complexity index is 932. The Hall–Kier alpha value is -1.67. The first-order chi connectivity index (χ1) is 12.2. The SMILES string of the molecule is CCN(CC)S(=O)(=O)c1cc(C(=O)Nc2ccc(Cl)cc2F)ccc1Cl. The first-order valence-electron chi connectivity index (χ1n) is 7.76. The summed E-state index contributed by atoms with van der Waals surface area (Å²) in [4.78, 5) is 12.2. The number of amides is 1. The van der Waals surface area contributed by atoms with Crippen LogP contribution in [-0.4, -0.2) is 31.7 Å². The molecule has 9 heteroatoms. The lowest BCUT2D eigenvalue weighted by Crippen LogP contribution is -2.31. The van der Waals surface area contributed by atoms with E-state index in [2.05, 4.69) is 5.32 Å². The summed E-state index contributed by atoms with van der Waals surface area (Å²) in [6, 6.07) is 7.68. The van der Waals surface area contributed by atoms with Crippen molar-refractivity contribution in [3.05, 3.63) is 57.8 Å². The summed E-state index contributed by atoms with van der Waals surface area (Å²) in [6.45, 7) is 3.94. The maximum absolute atomic E-state index is 13.8. The van der Waals surface area contributed by atoms with E-state index < -0.39 is 21.7 Å². The number of sulfonamides is 1. The van der Waals surface area contributed by atoms with Gasteiger partial charge in [0.25, 0.3) is 5.91 Å². The molecule has 0 bridgehead atoms. The highest BCUT2D eigenvalue weighted by atomic mass is 35.5. The van der Waals surface area contributed by atoms with Crippen molar-refractivity contribution < 1.29 is 17.6 Å². The number of hydrogen-bond donors (Lipinski definition) is 1. The zero-order valence-electron chi connectivity index (χ0n) is 14.1. The molecule has 1 amide bonds. The summed E-state index contributed by atoms with van der Waals surface area (Å²) in [6.07, 6.45) is 0. The summed E-state index contributed by atoms with van der Waals surface area (Å²) >= 11 is 11.7. The van der Waals surface area contributed by atoms with Crippen LogP contribution in [0, 0.1) is 5.82 Å². The normalized spacial score (nSPS) is 11.6. The van der Waals surface area contributed by atoms with E-state index in [4.69, 9.17) is 23.2 Å². The van der Waals surface area contributed by atoms with Crippen LogP contribution in [0.2, 0.25) is 10.0 Å². The molecule has 0 spiro atoms. The third-order valence-electron chi connectivity index (χ3n) is 3.70. The second kappa shape index (κ2) is 8.35. The van der Waals surface area contributed by atoms with Gasteiger partial charge in [-0.3, -0.25) is 4.79 Å². The Morgan fingerprint density at radius 2 is 1.77 bits per heavy atom. The van der Waals surface area contributed by atoms with E-state index in [-0.39, 0.29) is 39.3 Å². The van der Waals surface area contributed by atoms with Gasteiger partial charge in [-0.1, -0.05) is 37.0 Å². The molecule has 2 rings (SSSR count). The number of carbonyl (C=O) groups is 1. The van der Waals surface area contributed by atoms with E-state index in [1.165, 1.54) is 34.6 Å². The van der Waals surface area contributed by atoms with E-state index in [1.807, 2.05) is 0 Å². The first kappa shape index (κ1) is 20.6. The minimum atomic E-state index is -3.84. The van der Waals surface area contributed by atoms with Crippen LogP contribution in [0.4, 0.5) is 10.1 Å². The fourth-order valence-corrected chi connectivity index (χ4v) is 4.45. The van der Waals surface area contributed by atoms with Crippen LogP contribution in [0.1, 0.15) is 24.2 Å². The Balaban J connectivity index is 2.38. The highest BCUT2D eigenvalue weighted by Crippen LogP contribution is 2.27. The largest absolute Gasteiger partial charge is 0.319 e. The molecule has 0 heterocycles. The third-order valence-corrected chi connectivity index (χ3v) is 6.46. The average Bonchev–Trinajstić information content (AvgIpc) is 2.58. The molecule has 1 N–H and O–H groups in total. The minimum Gasteiger partial charge on any atom is -0.319 e.